The molecule has 2 heterocycles. The Balaban J connectivity index is 1.73. The Labute approximate surface area is 180 Å². The maximum Gasteiger partial charge on any atom is 0.256 e. The molecule has 4 rings (SSSR count). The Morgan fingerprint density at radius 1 is 1.10 bits per heavy atom. The summed E-state index contributed by atoms with van der Waals surface area (Å²) in [6.07, 6.45) is 4.48. The molecule has 0 atom stereocenters. The van der Waals surface area contributed by atoms with Crippen LogP contribution in [0.25, 0.3) is 11.2 Å². The highest BCUT2D eigenvalue weighted by molar-refractivity contribution is 6.31. The van der Waals surface area contributed by atoms with Crippen LogP contribution in [0.1, 0.15) is 41.5 Å². The molecule has 0 fully saturated rings. The van der Waals surface area contributed by atoms with E-state index in [0.717, 1.165) is 24.8 Å². The topological polar surface area (TPSA) is 72.7 Å². The third kappa shape index (κ3) is 4.49. The minimum Gasteiger partial charge on any atom is -0.322 e. The molecule has 0 bridgehead atoms. The Kier molecular flexibility index (Phi) is 6.05. The highest BCUT2D eigenvalue weighted by Gasteiger charge is 2.17. The molecule has 0 radical (unpaired) electrons. The van der Waals surface area contributed by atoms with Gasteiger partial charge in [-0.3, -0.25) is 4.79 Å². The summed E-state index contributed by atoms with van der Waals surface area (Å²) in [5.41, 5.74) is 2.88. The minimum atomic E-state index is -0.272. The number of nitrogens with zero attached hydrogens (tertiary/aromatic N) is 4. The molecule has 0 aliphatic carbocycles. The number of hydrogen-bond acceptors (Lipinski definition) is 4. The van der Waals surface area contributed by atoms with Crippen LogP contribution in [0.3, 0.4) is 0 Å². The smallest absolute Gasteiger partial charge is 0.256 e. The van der Waals surface area contributed by atoms with Gasteiger partial charge in [-0.15, -0.1) is 0 Å². The molecule has 6 nitrogen and oxygen atoms in total. The number of amides is 1. The Hall–Kier alpha value is -3.25. The summed E-state index contributed by atoms with van der Waals surface area (Å²) in [7, 11) is 0. The number of hydrogen-bond donors (Lipinski definition) is 1. The zero-order valence-corrected chi connectivity index (χ0v) is 17.4. The highest BCUT2D eigenvalue weighted by Crippen LogP contribution is 2.23. The molecule has 0 saturated carbocycles. The van der Waals surface area contributed by atoms with Crippen molar-refractivity contribution in [2.75, 3.05) is 5.32 Å². The molecule has 30 heavy (non-hydrogen) atoms. The van der Waals surface area contributed by atoms with Crippen LogP contribution in [0.4, 0.5) is 5.82 Å². The number of carbonyl (C=O) groups excluding carboxylic acids is 1. The molecule has 7 heteroatoms. The first-order valence-electron chi connectivity index (χ1n) is 9.96. The Morgan fingerprint density at radius 2 is 1.93 bits per heavy atom. The first-order chi connectivity index (χ1) is 14.6. The first-order valence-corrected chi connectivity index (χ1v) is 10.3. The predicted octanol–water partition coefficient (Wildman–Crippen LogP) is 5.12. The summed E-state index contributed by atoms with van der Waals surface area (Å²) >= 11 is 6.05. The van der Waals surface area contributed by atoms with Crippen molar-refractivity contribution < 1.29 is 4.79 Å². The number of carbonyl (C=O) groups is 1. The fourth-order valence-corrected chi connectivity index (χ4v) is 3.46. The van der Waals surface area contributed by atoms with E-state index in [9.17, 15) is 4.79 Å². The van der Waals surface area contributed by atoms with Gasteiger partial charge in [0.25, 0.3) is 5.91 Å². The first kappa shape index (κ1) is 20.0. The lowest BCUT2D eigenvalue weighted by Crippen LogP contribution is -2.15. The third-order valence-corrected chi connectivity index (χ3v) is 5.02. The van der Waals surface area contributed by atoms with E-state index in [1.165, 1.54) is 0 Å². The van der Waals surface area contributed by atoms with E-state index in [-0.39, 0.29) is 5.91 Å². The molecule has 0 aliphatic heterocycles. The van der Waals surface area contributed by atoms with Gasteiger partial charge >= 0.3 is 0 Å². The fraction of sp³-hybridized carbons (Fsp3) is 0.217. The molecule has 0 spiro atoms. The summed E-state index contributed by atoms with van der Waals surface area (Å²) in [6, 6.07) is 16.9. The summed E-state index contributed by atoms with van der Waals surface area (Å²) in [5, 5.41) is 3.46. The average molecular weight is 420 g/mol. The second-order valence-corrected chi connectivity index (χ2v) is 7.52. The standard InChI is InChI=1S/C23H22ClN5O/c1-2-3-12-19-26-21-20(29(15-25-21)14-16-8-5-4-6-9-16)22(27-19)28-23(30)17-10-7-11-18(24)13-17/h4-11,13,15H,2-3,12,14H2,1H3,(H,26,27,28,30). The van der Waals surface area contributed by atoms with Crippen LogP contribution >= 0.6 is 11.6 Å². The lowest BCUT2D eigenvalue weighted by molar-refractivity contribution is 0.102. The van der Waals surface area contributed by atoms with Crippen molar-refractivity contribution >= 4 is 34.5 Å². The molecule has 0 aliphatic rings. The van der Waals surface area contributed by atoms with Crippen LogP contribution in [0, 0.1) is 0 Å². The molecule has 0 unspecified atom stereocenters. The van der Waals surface area contributed by atoms with Gasteiger partial charge in [0.05, 0.1) is 6.33 Å². The van der Waals surface area contributed by atoms with Crippen LogP contribution in [-0.4, -0.2) is 25.4 Å². The van der Waals surface area contributed by atoms with E-state index in [4.69, 9.17) is 11.6 Å². The van der Waals surface area contributed by atoms with Crippen molar-refractivity contribution in [2.24, 2.45) is 0 Å². The van der Waals surface area contributed by atoms with E-state index in [2.05, 4.69) is 27.2 Å². The zero-order valence-electron chi connectivity index (χ0n) is 16.7. The van der Waals surface area contributed by atoms with E-state index in [1.807, 2.05) is 34.9 Å². The van der Waals surface area contributed by atoms with Gasteiger partial charge in [-0.1, -0.05) is 61.3 Å². The summed E-state index contributed by atoms with van der Waals surface area (Å²) in [4.78, 5) is 26.6. The average Bonchev–Trinajstić information content (AvgIpc) is 3.16. The minimum absolute atomic E-state index is 0.272. The van der Waals surface area contributed by atoms with E-state index in [0.29, 0.717) is 39.9 Å². The summed E-state index contributed by atoms with van der Waals surface area (Å²) < 4.78 is 1.96. The quantitative estimate of drug-likeness (QED) is 0.451. The number of anilines is 1. The number of aromatic nitrogens is 4. The number of halogens is 1. The molecule has 4 aromatic rings. The molecule has 0 saturated heterocycles. The van der Waals surface area contributed by atoms with Crippen LogP contribution in [-0.2, 0) is 13.0 Å². The van der Waals surface area contributed by atoms with Gasteiger partial charge in [-0.25, -0.2) is 15.0 Å². The predicted molar refractivity (Wildman–Crippen MR) is 119 cm³/mol. The second-order valence-electron chi connectivity index (χ2n) is 7.09. The number of unbranched alkanes of at least 4 members (excludes halogenated alkanes) is 1. The van der Waals surface area contributed by atoms with Gasteiger partial charge < -0.3 is 9.88 Å². The second kappa shape index (κ2) is 9.05. The van der Waals surface area contributed by atoms with Gasteiger partial charge in [-0.05, 0) is 30.2 Å². The number of fused-ring (bicyclic) bond motifs is 1. The van der Waals surface area contributed by atoms with Crippen LogP contribution in [0.15, 0.2) is 60.9 Å². The number of aryl methyl sites for hydroxylation is 1. The molecule has 152 valence electrons. The number of rotatable bonds is 7. The van der Waals surface area contributed by atoms with Gasteiger partial charge in [0, 0.05) is 23.6 Å². The van der Waals surface area contributed by atoms with Crippen molar-refractivity contribution in [1.82, 2.24) is 19.5 Å². The largest absolute Gasteiger partial charge is 0.322 e. The molecule has 1 N–H and O–H groups in total. The van der Waals surface area contributed by atoms with Crippen molar-refractivity contribution in [3.63, 3.8) is 0 Å². The monoisotopic (exact) mass is 419 g/mol. The van der Waals surface area contributed by atoms with E-state index >= 15 is 0 Å². The Morgan fingerprint density at radius 3 is 2.70 bits per heavy atom. The lowest BCUT2D eigenvalue weighted by atomic mass is 10.2. The van der Waals surface area contributed by atoms with Crippen LogP contribution in [0.2, 0.25) is 5.02 Å². The highest BCUT2D eigenvalue weighted by atomic mass is 35.5. The van der Waals surface area contributed by atoms with Crippen molar-refractivity contribution in [3.05, 3.63) is 82.9 Å². The van der Waals surface area contributed by atoms with Crippen LogP contribution < -0.4 is 5.32 Å². The van der Waals surface area contributed by atoms with E-state index in [1.54, 1.807) is 30.6 Å². The van der Waals surface area contributed by atoms with Gasteiger partial charge in [0.1, 0.15) is 11.3 Å². The van der Waals surface area contributed by atoms with Gasteiger partial charge in [0.2, 0.25) is 0 Å². The fourth-order valence-electron chi connectivity index (χ4n) is 3.27. The third-order valence-electron chi connectivity index (χ3n) is 4.79. The molecule has 2 aromatic heterocycles. The Bertz CT molecular complexity index is 1170. The lowest BCUT2D eigenvalue weighted by Gasteiger charge is -2.11. The molecular formula is C23H22ClN5O. The van der Waals surface area contributed by atoms with Crippen molar-refractivity contribution in [3.8, 4) is 0 Å². The van der Waals surface area contributed by atoms with Gasteiger partial charge in [-0.2, -0.15) is 0 Å². The van der Waals surface area contributed by atoms with E-state index < -0.39 is 0 Å². The number of nitrogens with one attached hydrogen (secondary N) is 1. The molecule has 2 aromatic carbocycles. The normalized spacial score (nSPS) is 11.0. The maximum atomic E-state index is 12.9. The molecular weight excluding hydrogens is 398 g/mol. The number of imidazole rings is 1. The summed E-state index contributed by atoms with van der Waals surface area (Å²) in [6.45, 7) is 2.73. The summed E-state index contributed by atoms with van der Waals surface area (Å²) in [5.74, 6) is 0.867. The van der Waals surface area contributed by atoms with Crippen molar-refractivity contribution in [2.45, 2.75) is 32.7 Å². The SMILES string of the molecule is CCCCc1nc(NC(=O)c2cccc(Cl)c2)c2c(ncn2Cc2ccccc2)n1. The maximum absolute atomic E-state index is 12.9. The zero-order chi connectivity index (χ0) is 20.9. The number of benzene rings is 2. The van der Waals surface area contributed by atoms with Crippen LogP contribution in [0.5, 0.6) is 0 Å². The van der Waals surface area contributed by atoms with Crippen molar-refractivity contribution in [1.29, 1.82) is 0 Å². The molecule has 1 amide bonds. The van der Waals surface area contributed by atoms with Gasteiger partial charge in [0.15, 0.2) is 11.5 Å².